The summed E-state index contributed by atoms with van der Waals surface area (Å²) in [7, 11) is 0. The number of hydrogen-bond acceptors (Lipinski definition) is 6. The van der Waals surface area contributed by atoms with Crippen LogP contribution >= 0.6 is 23.4 Å². The number of carbonyl (C=O) groups is 3. The molecule has 212 valence electrons. The predicted molar refractivity (Wildman–Crippen MR) is 156 cm³/mol. The summed E-state index contributed by atoms with van der Waals surface area (Å²) < 4.78 is 4.87. The normalized spacial score (nSPS) is 29.7. The van der Waals surface area contributed by atoms with Crippen LogP contribution in [0.3, 0.4) is 0 Å². The minimum Gasteiger partial charge on any atom is -0.465 e. The van der Waals surface area contributed by atoms with Gasteiger partial charge < -0.3 is 19.6 Å². The number of amides is 2. The fourth-order valence-corrected chi connectivity index (χ4v) is 9.48. The Morgan fingerprint density at radius 3 is 2.72 bits per heavy atom. The van der Waals surface area contributed by atoms with Gasteiger partial charge in [0, 0.05) is 11.8 Å². The molecule has 0 aliphatic carbocycles. The number of esters is 1. The molecule has 3 saturated heterocycles. The number of allylic oxidation sites excluding steroid dienone is 1. The Morgan fingerprint density at radius 2 is 2.08 bits per heavy atom. The molecule has 3 aliphatic rings. The maximum atomic E-state index is 14.6. The topological polar surface area (TPSA) is 87.2 Å². The van der Waals surface area contributed by atoms with Crippen LogP contribution in [0.15, 0.2) is 43.5 Å². The van der Waals surface area contributed by atoms with Crippen molar-refractivity contribution in [2.24, 2.45) is 17.8 Å². The molecule has 4 rings (SSSR count). The van der Waals surface area contributed by atoms with Gasteiger partial charge in [0.2, 0.25) is 5.91 Å². The van der Waals surface area contributed by atoms with Gasteiger partial charge in [-0.1, -0.05) is 42.8 Å². The third-order valence-corrected chi connectivity index (χ3v) is 10.9. The summed E-state index contributed by atoms with van der Waals surface area (Å²) in [6, 6.07) is 3.98. The SMILES string of the molecule is C=CCCCCOC(=O)[C@@H]1[C@@H]2CC(C)C3(S2)C(C(=O)N(CC=C)c2c(C)cccc2Cl)N([C@H](C)CO)C(=O)[C@H]13. The monoisotopic (exact) mass is 574 g/mol. The number of para-hydroxylation sites is 1. The Balaban J connectivity index is 1.74. The highest BCUT2D eigenvalue weighted by molar-refractivity contribution is 8.02. The molecule has 0 saturated carbocycles. The molecule has 1 aromatic rings. The van der Waals surface area contributed by atoms with Gasteiger partial charge in [-0.05, 0) is 57.1 Å². The molecule has 3 unspecified atom stereocenters. The van der Waals surface area contributed by atoms with E-state index in [9.17, 15) is 19.5 Å². The van der Waals surface area contributed by atoms with E-state index in [4.69, 9.17) is 16.3 Å². The van der Waals surface area contributed by atoms with Crippen LogP contribution in [0.2, 0.25) is 5.02 Å². The number of unbranched alkanes of at least 4 members (excludes halogenated alkanes) is 2. The molecule has 1 N–H and O–H groups in total. The number of nitrogens with zero attached hydrogens (tertiary/aromatic N) is 2. The summed E-state index contributed by atoms with van der Waals surface area (Å²) in [5.41, 5.74) is 1.40. The first-order valence-corrected chi connectivity index (χ1v) is 15.0. The first-order chi connectivity index (χ1) is 18.6. The number of anilines is 1. The molecular formula is C30H39ClN2O5S. The maximum absolute atomic E-state index is 14.6. The van der Waals surface area contributed by atoms with Gasteiger partial charge in [-0.15, -0.1) is 24.9 Å². The van der Waals surface area contributed by atoms with Crippen LogP contribution in [-0.4, -0.2) is 69.6 Å². The van der Waals surface area contributed by atoms with E-state index in [0.717, 1.165) is 24.8 Å². The Kier molecular flexibility index (Phi) is 9.19. The van der Waals surface area contributed by atoms with E-state index in [1.807, 2.05) is 25.1 Å². The molecule has 7 nitrogen and oxygen atoms in total. The van der Waals surface area contributed by atoms with E-state index >= 15 is 0 Å². The second kappa shape index (κ2) is 12.1. The number of aryl methyl sites for hydroxylation is 1. The Bertz CT molecular complexity index is 1120. The summed E-state index contributed by atoms with van der Waals surface area (Å²) in [5.74, 6) is -2.23. The molecule has 1 aromatic carbocycles. The molecule has 3 fully saturated rings. The fraction of sp³-hybridized carbons (Fsp3) is 0.567. The molecule has 0 aromatic heterocycles. The van der Waals surface area contributed by atoms with Gasteiger partial charge in [0.1, 0.15) is 6.04 Å². The lowest BCUT2D eigenvalue weighted by Gasteiger charge is -2.41. The second-order valence-electron chi connectivity index (χ2n) is 10.9. The molecule has 2 amide bonds. The van der Waals surface area contributed by atoms with Crippen molar-refractivity contribution in [1.29, 1.82) is 0 Å². The standard InChI is InChI=1S/C30H39ClN2O5S/c1-6-8-9-10-15-38-29(37)23-22-16-19(4)30(39-22)24(23)27(35)33(20(5)17-34)26(30)28(36)32(14-7-2)25-18(3)12-11-13-21(25)31/h6-7,11-13,19-20,22-24,26,34H,1-2,8-10,14-17H2,3-5H3/t19?,20-,22+,23-,24+,26?,30?/m1/s1. The van der Waals surface area contributed by atoms with Gasteiger partial charge in [0.05, 0.1) is 46.5 Å². The Morgan fingerprint density at radius 1 is 1.33 bits per heavy atom. The summed E-state index contributed by atoms with van der Waals surface area (Å²) in [5, 5.41) is 10.5. The number of halogens is 1. The number of carbonyl (C=O) groups excluding carboxylic acids is 3. The number of thioether (sulfide) groups is 1. The quantitative estimate of drug-likeness (QED) is 0.219. The molecule has 3 heterocycles. The first-order valence-electron chi connectivity index (χ1n) is 13.7. The lowest BCUT2D eigenvalue weighted by molar-refractivity contribution is -0.155. The third-order valence-electron chi connectivity index (χ3n) is 8.51. The van der Waals surface area contributed by atoms with Gasteiger partial charge >= 0.3 is 5.97 Å². The number of hydrogen-bond donors (Lipinski definition) is 1. The van der Waals surface area contributed by atoms with Crippen molar-refractivity contribution in [2.45, 2.75) is 68.5 Å². The van der Waals surface area contributed by atoms with Gasteiger partial charge in [-0.2, -0.15) is 0 Å². The molecule has 7 atom stereocenters. The third kappa shape index (κ3) is 4.93. The summed E-state index contributed by atoms with van der Waals surface area (Å²) in [6.07, 6.45) is 6.65. The average molecular weight is 575 g/mol. The van der Waals surface area contributed by atoms with Gasteiger partial charge in [-0.25, -0.2) is 0 Å². The summed E-state index contributed by atoms with van der Waals surface area (Å²) >= 11 is 8.19. The van der Waals surface area contributed by atoms with E-state index in [0.29, 0.717) is 23.7 Å². The molecule has 39 heavy (non-hydrogen) atoms. The largest absolute Gasteiger partial charge is 0.465 e. The van der Waals surface area contributed by atoms with E-state index in [2.05, 4.69) is 20.1 Å². The highest BCUT2D eigenvalue weighted by Crippen LogP contribution is 2.69. The van der Waals surface area contributed by atoms with Crippen LogP contribution < -0.4 is 4.90 Å². The van der Waals surface area contributed by atoms with Crippen LogP contribution in [-0.2, 0) is 19.1 Å². The molecule has 3 aliphatic heterocycles. The Labute approximate surface area is 240 Å². The zero-order valence-corrected chi connectivity index (χ0v) is 24.5. The second-order valence-corrected chi connectivity index (χ2v) is 12.9. The number of rotatable bonds is 12. The van der Waals surface area contributed by atoms with Crippen molar-refractivity contribution < 1.29 is 24.2 Å². The van der Waals surface area contributed by atoms with Crippen molar-refractivity contribution >= 4 is 46.8 Å². The fourth-order valence-electron chi connectivity index (χ4n) is 6.76. The lowest BCUT2D eigenvalue weighted by Crippen LogP contribution is -2.59. The van der Waals surface area contributed by atoms with Crippen LogP contribution in [0.5, 0.6) is 0 Å². The predicted octanol–water partition coefficient (Wildman–Crippen LogP) is 4.78. The molecule has 2 bridgehead atoms. The highest BCUT2D eigenvalue weighted by atomic mass is 35.5. The average Bonchev–Trinajstić information content (AvgIpc) is 3.50. The number of aliphatic hydroxyl groups excluding tert-OH is 1. The van der Waals surface area contributed by atoms with Crippen molar-refractivity contribution in [3.63, 3.8) is 0 Å². The van der Waals surface area contributed by atoms with Crippen LogP contribution in [0.1, 0.15) is 45.1 Å². The summed E-state index contributed by atoms with van der Waals surface area (Å²) in [4.78, 5) is 45.4. The van der Waals surface area contributed by atoms with E-state index in [1.54, 1.807) is 35.7 Å². The minimum absolute atomic E-state index is 0.000794. The number of fused-ring (bicyclic) bond motifs is 1. The minimum atomic E-state index is -0.872. The van der Waals surface area contributed by atoms with Crippen LogP contribution in [0.4, 0.5) is 5.69 Å². The van der Waals surface area contributed by atoms with Crippen molar-refractivity contribution in [3.05, 3.63) is 54.1 Å². The van der Waals surface area contributed by atoms with E-state index < -0.39 is 28.7 Å². The number of likely N-dealkylation sites (tertiary alicyclic amines) is 1. The van der Waals surface area contributed by atoms with E-state index in [-0.39, 0.29) is 42.1 Å². The number of ether oxygens (including phenoxy) is 1. The number of benzene rings is 1. The van der Waals surface area contributed by atoms with Crippen molar-refractivity contribution in [3.8, 4) is 0 Å². The van der Waals surface area contributed by atoms with E-state index in [1.165, 1.54) is 4.90 Å². The molecule has 0 radical (unpaired) electrons. The Hall–Kier alpha value is -2.29. The van der Waals surface area contributed by atoms with Crippen molar-refractivity contribution in [2.75, 3.05) is 24.7 Å². The highest BCUT2D eigenvalue weighted by Gasteiger charge is 2.77. The van der Waals surface area contributed by atoms with Crippen molar-refractivity contribution in [1.82, 2.24) is 4.90 Å². The molecular weight excluding hydrogens is 536 g/mol. The first kappa shape index (κ1) is 29.7. The molecule has 1 spiro atoms. The molecule has 9 heteroatoms. The summed E-state index contributed by atoms with van der Waals surface area (Å²) in [6.45, 7) is 13.5. The zero-order chi connectivity index (χ0) is 28.5. The maximum Gasteiger partial charge on any atom is 0.310 e. The van der Waals surface area contributed by atoms with Crippen LogP contribution in [0.25, 0.3) is 0 Å². The smallest absolute Gasteiger partial charge is 0.310 e. The van der Waals surface area contributed by atoms with Gasteiger partial charge in [0.25, 0.3) is 5.91 Å². The zero-order valence-electron chi connectivity index (χ0n) is 23.0. The van der Waals surface area contributed by atoms with Crippen LogP contribution in [0, 0.1) is 24.7 Å². The van der Waals surface area contributed by atoms with Gasteiger partial charge in [-0.3, -0.25) is 14.4 Å². The van der Waals surface area contributed by atoms with Gasteiger partial charge in [0.15, 0.2) is 0 Å². The number of aliphatic hydroxyl groups is 1. The lowest BCUT2D eigenvalue weighted by atomic mass is 9.66.